The second kappa shape index (κ2) is 13.9. The van der Waals surface area contributed by atoms with E-state index in [0.29, 0.717) is 11.9 Å². The third-order valence-electron chi connectivity index (χ3n) is 6.05. The van der Waals surface area contributed by atoms with E-state index >= 15 is 0 Å². The molecular formula is C28H33F3N6O6. The van der Waals surface area contributed by atoms with Gasteiger partial charge in [-0.25, -0.2) is 4.79 Å². The Balaban J connectivity index is 1.83. The van der Waals surface area contributed by atoms with Crippen molar-refractivity contribution in [2.75, 3.05) is 26.5 Å². The van der Waals surface area contributed by atoms with Crippen LogP contribution in [-0.2, 0) is 27.0 Å². The number of amides is 3. The molecule has 0 saturated carbocycles. The number of carbonyl (C=O) groups excluding carboxylic acids is 3. The summed E-state index contributed by atoms with van der Waals surface area (Å²) in [6.07, 6.45) is -0.701. The number of aromatic nitrogens is 3. The number of alkyl halides is 3. The number of nitrogens with zero attached hydrogens (tertiary/aromatic N) is 3. The van der Waals surface area contributed by atoms with E-state index < -0.39 is 47.2 Å². The molecule has 0 aliphatic rings. The number of aromatic amines is 1. The van der Waals surface area contributed by atoms with Crippen molar-refractivity contribution in [2.45, 2.75) is 51.6 Å². The van der Waals surface area contributed by atoms with E-state index in [9.17, 15) is 32.3 Å². The van der Waals surface area contributed by atoms with E-state index in [1.807, 2.05) is 0 Å². The molecule has 3 aromatic rings. The predicted octanol–water partition coefficient (Wildman–Crippen LogP) is 3.67. The minimum absolute atomic E-state index is 0.0362. The first kappa shape index (κ1) is 32.7. The molecule has 0 spiro atoms. The molecule has 3 amide bonds. The number of rotatable bonds is 11. The van der Waals surface area contributed by atoms with Crippen LogP contribution in [-0.4, -0.2) is 70.7 Å². The van der Waals surface area contributed by atoms with Crippen molar-refractivity contribution >= 4 is 34.6 Å². The van der Waals surface area contributed by atoms with Gasteiger partial charge in [0.1, 0.15) is 22.8 Å². The quantitative estimate of drug-likeness (QED) is 0.282. The van der Waals surface area contributed by atoms with Crippen molar-refractivity contribution < 1.29 is 37.0 Å². The SMILES string of the molecule is COC(=O)N[C@@H](CC/C=C/C(=O)N(C)C)C(=O)Nc1cccn(Cc2cc3ncc(C(F)(F)F)c(OC(C)C)c3[nH]2)c1=O. The minimum Gasteiger partial charge on any atom is -0.488 e. The Kier molecular flexibility index (Phi) is 10.6. The molecule has 0 fully saturated rings. The van der Waals surface area contributed by atoms with Crippen molar-refractivity contribution in [1.82, 2.24) is 24.8 Å². The molecule has 0 aromatic carbocycles. The lowest BCUT2D eigenvalue weighted by Crippen LogP contribution is -2.44. The molecule has 0 aliphatic heterocycles. The Hall–Kier alpha value is -4.82. The number of fused-ring (bicyclic) bond motifs is 1. The number of H-pyrrole nitrogens is 1. The van der Waals surface area contributed by atoms with Crippen molar-refractivity contribution in [3.8, 4) is 5.75 Å². The first-order chi connectivity index (χ1) is 20.2. The topological polar surface area (TPSA) is 148 Å². The van der Waals surface area contributed by atoms with Gasteiger partial charge in [-0.05, 0) is 51.0 Å². The van der Waals surface area contributed by atoms with Crippen LogP contribution in [0.25, 0.3) is 11.0 Å². The summed E-state index contributed by atoms with van der Waals surface area (Å²) >= 11 is 0. The Labute approximate surface area is 244 Å². The predicted molar refractivity (Wildman–Crippen MR) is 152 cm³/mol. The number of ether oxygens (including phenoxy) is 2. The minimum atomic E-state index is -4.69. The summed E-state index contributed by atoms with van der Waals surface area (Å²) in [5.41, 5.74) is -1.11. The van der Waals surface area contributed by atoms with Crippen molar-refractivity contribution in [3.05, 3.63) is 64.4 Å². The van der Waals surface area contributed by atoms with Gasteiger partial charge in [0, 0.05) is 32.2 Å². The van der Waals surface area contributed by atoms with Crippen LogP contribution in [0.2, 0.25) is 0 Å². The second-order valence-corrected chi connectivity index (χ2v) is 9.97. The lowest BCUT2D eigenvalue weighted by atomic mass is 10.1. The third-order valence-corrected chi connectivity index (χ3v) is 6.05. The maximum absolute atomic E-state index is 13.6. The normalized spacial score (nSPS) is 12.4. The fourth-order valence-corrected chi connectivity index (χ4v) is 3.97. The highest BCUT2D eigenvalue weighted by Crippen LogP contribution is 2.40. The zero-order valence-corrected chi connectivity index (χ0v) is 24.2. The number of methoxy groups -OCH3 is 1. The summed E-state index contributed by atoms with van der Waals surface area (Å²) in [6, 6.07) is 3.29. The van der Waals surface area contributed by atoms with Gasteiger partial charge in [0.2, 0.25) is 11.8 Å². The van der Waals surface area contributed by atoms with Crippen molar-refractivity contribution in [2.24, 2.45) is 0 Å². The standard InChI is InChI=1S/C28H33F3N6O6/c1-16(2)43-24-18(28(29,30)31)14-32-21-13-17(33-23(21)24)15-37-12-8-10-20(26(37)40)34-25(39)19(35-27(41)42-5)9-6-7-11-22(38)36(3)4/h7-8,10-14,16,19,33H,6,9,15H2,1-5H3,(H,34,39)(H,35,41)/b11-7+/t19-/m0/s1. The maximum Gasteiger partial charge on any atom is 0.421 e. The van der Waals surface area contributed by atoms with E-state index in [2.05, 4.69) is 25.3 Å². The lowest BCUT2D eigenvalue weighted by molar-refractivity contribution is -0.139. The number of anilines is 1. The maximum atomic E-state index is 13.6. The average Bonchev–Trinajstić information content (AvgIpc) is 3.34. The molecule has 3 aromatic heterocycles. The van der Waals surface area contributed by atoms with Crippen LogP contribution in [0.4, 0.5) is 23.7 Å². The zero-order chi connectivity index (χ0) is 31.9. The first-order valence-corrected chi connectivity index (χ1v) is 13.2. The van der Waals surface area contributed by atoms with Gasteiger partial charge in [-0.1, -0.05) is 6.08 Å². The van der Waals surface area contributed by atoms with Gasteiger partial charge >= 0.3 is 12.3 Å². The van der Waals surface area contributed by atoms with Crippen LogP contribution in [0.3, 0.4) is 0 Å². The highest BCUT2D eigenvalue weighted by atomic mass is 19.4. The Morgan fingerprint density at radius 1 is 1.23 bits per heavy atom. The largest absolute Gasteiger partial charge is 0.488 e. The van der Waals surface area contributed by atoms with E-state index in [-0.39, 0.29) is 42.0 Å². The van der Waals surface area contributed by atoms with Crippen LogP contribution in [0.1, 0.15) is 37.9 Å². The molecule has 232 valence electrons. The monoisotopic (exact) mass is 606 g/mol. The fraction of sp³-hybridized carbons (Fsp3) is 0.393. The van der Waals surface area contributed by atoms with Gasteiger partial charge in [-0.3, -0.25) is 19.4 Å². The number of carbonyl (C=O) groups is 3. The van der Waals surface area contributed by atoms with Crippen LogP contribution in [0, 0.1) is 0 Å². The molecule has 3 N–H and O–H groups in total. The van der Waals surface area contributed by atoms with Crippen LogP contribution < -0.4 is 20.9 Å². The smallest absolute Gasteiger partial charge is 0.421 e. The van der Waals surface area contributed by atoms with Crippen LogP contribution in [0.5, 0.6) is 5.75 Å². The number of likely N-dealkylation sites (N-methyl/N-ethyl adjacent to an activating group) is 1. The molecule has 1 atom stereocenters. The molecule has 3 heterocycles. The van der Waals surface area contributed by atoms with E-state index in [0.717, 1.165) is 7.11 Å². The van der Waals surface area contributed by atoms with Gasteiger partial charge < -0.3 is 34.6 Å². The molecule has 0 bridgehead atoms. The molecular weight excluding hydrogens is 573 g/mol. The molecule has 15 heteroatoms. The van der Waals surface area contributed by atoms with Gasteiger partial charge in [0.05, 0.1) is 25.3 Å². The van der Waals surface area contributed by atoms with Gasteiger partial charge in [0.25, 0.3) is 5.56 Å². The Bertz CT molecular complexity index is 1560. The van der Waals surface area contributed by atoms with Crippen LogP contribution >= 0.6 is 0 Å². The summed E-state index contributed by atoms with van der Waals surface area (Å²) < 4.78 is 52.2. The average molecular weight is 607 g/mol. The van der Waals surface area contributed by atoms with Gasteiger partial charge in [-0.2, -0.15) is 13.2 Å². The van der Waals surface area contributed by atoms with Gasteiger partial charge in [0.15, 0.2) is 5.75 Å². The lowest BCUT2D eigenvalue weighted by Gasteiger charge is -2.17. The summed E-state index contributed by atoms with van der Waals surface area (Å²) in [5.74, 6) is -1.34. The number of halogens is 3. The number of nitrogens with one attached hydrogen (secondary N) is 3. The van der Waals surface area contributed by atoms with E-state index in [1.165, 1.54) is 39.9 Å². The first-order valence-electron chi connectivity index (χ1n) is 13.2. The summed E-state index contributed by atoms with van der Waals surface area (Å²) in [7, 11) is 4.31. The third kappa shape index (κ3) is 8.59. The molecule has 0 aliphatic carbocycles. The van der Waals surface area contributed by atoms with Gasteiger partial charge in [-0.15, -0.1) is 0 Å². The summed E-state index contributed by atoms with van der Waals surface area (Å²) in [4.78, 5) is 57.9. The number of pyridine rings is 2. The molecule has 0 radical (unpaired) electrons. The molecule has 0 unspecified atom stereocenters. The number of hydrogen-bond acceptors (Lipinski definition) is 7. The molecule has 43 heavy (non-hydrogen) atoms. The Morgan fingerprint density at radius 3 is 2.58 bits per heavy atom. The summed E-state index contributed by atoms with van der Waals surface area (Å²) in [5, 5.41) is 4.91. The second-order valence-electron chi connectivity index (χ2n) is 9.97. The highest BCUT2D eigenvalue weighted by Gasteiger charge is 2.36. The van der Waals surface area contributed by atoms with Crippen molar-refractivity contribution in [1.29, 1.82) is 0 Å². The highest BCUT2D eigenvalue weighted by molar-refractivity contribution is 5.96. The fourth-order valence-electron chi connectivity index (χ4n) is 3.97. The zero-order valence-electron chi connectivity index (χ0n) is 24.2. The number of hydrogen-bond donors (Lipinski definition) is 3. The summed E-state index contributed by atoms with van der Waals surface area (Å²) in [6.45, 7) is 3.11. The number of alkyl carbamates (subject to hydrolysis) is 1. The molecule has 3 rings (SSSR count). The Morgan fingerprint density at radius 2 is 1.95 bits per heavy atom. The van der Waals surface area contributed by atoms with Crippen LogP contribution in [0.15, 0.2) is 47.5 Å². The van der Waals surface area contributed by atoms with E-state index in [1.54, 1.807) is 34.0 Å². The molecule has 12 nitrogen and oxygen atoms in total. The van der Waals surface area contributed by atoms with Crippen molar-refractivity contribution in [3.63, 3.8) is 0 Å². The van der Waals surface area contributed by atoms with E-state index in [4.69, 9.17) is 4.74 Å². The number of allylic oxidation sites excluding steroid dienone is 1. The molecule has 0 saturated heterocycles.